The minimum atomic E-state index is -0.134. The van der Waals surface area contributed by atoms with Crippen LogP contribution >= 0.6 is 0 Å². The summed E-state index contributed by atoms with van der Waals surface area (Å²) < 4.78 is 7.25. The summed E-state index contributed by atoms with van der Waals surface area (Å²) in [5.74, 6) is 0. The second kappa shape index (κ2) is 12.1. The Morgan fingerprint density at radius 3 is 1.91 bits per heavy atom. The lowest BCUT2D eigenvalue weighted by atomic mass is 9.82. The number of hydrogen-bond donors (Lipinski definition) is 0. The summed E-state index contributed by atoms with van der Waals surface area (Å²) in [4.78, 5) is 2.38. The van der Waals surface area contributed by atoms with Gasteiger partial charge in [-0.15, -0.1) is 0 Å². The van der Waals surface area contributed by atoms with Gasteiger partial charge in [0.25, 0.3) is 0 Å². The first kappa shape index (κ1) is 31.6. The van der Waals surface area contributed by atoms with E-state index in [0.717, 1.165) is 50.1 Å². The van der Waals surface area contributed by atoms with E-state index >= 15 is 0 Å². The first-order valence-electron chi connectivity index (χ1n) is 19.1. The average Bonchev–Trinajstić information content (AvgIpc) is 3.72. The molecule has 0 radical (unpaired) electrons. The lowest BCUT2D eigenvalue weighted by Gasteiger charge is -2.28. The quantitative estimate of drug-likeness (QED) is 0.177. The van der Waals surface area contributed by atoms with Gasteiger partial charge in [-0.25, -0.2) is 0 Å². The average molecular weight is 704 g/mol. The van der Waals surface area contributed by atoms with Crippen LogP contribution in [0.5, 0.6) is 0 Å². The van der Waals surface area contributed by atoms with Gasteiger partial charge in [-0.1, -0.05) is 159 Å². The second-order valence-corrected chi connectivity index (χ2v) is 15.3. The van der Waals surface area contributed by atoms with Gasteiger partial charge in [0.15, 0.2) is 5.58 Å². The molecule has 2 nitrogen and oxygen atoms in total. The Kier molecular flexibility index (Phi) is 6.93. The van der Waals surface area contributed by atoms with Crippen LogP contribution in [-0.4, -0.2) is 0 Å². The van der Waals surface area contributed by atoms with Gasteiger partial charge in [-0.05, 0) is 103 Å². The third-order valence-corrected chi connectivity index (χ3v) is 11.8. The van der Waals surface area contributed by atoms with Crippen molar-refractivity contribution >= 4 is 60.5 Å². The number of para-hydroxylation sites is 1. The van der Waals surface area contributed by atoms with Gasteiger partial charge in [-0.3, -0.25) is 0 Å². The molecule has 1 aromatic heterocycles. The molecule has 0 saturated carbocycles. The number of rotatable bonds is 5. The number of anilines is 3. The molecule has 1 heterocycles. The largest absolute Gasteiger partial charge is 0.453 e. The Bertz CT molecular complexity index is 3110. The van der Waals surface area contributed by atoms with Crippen LogP contribution in [-0.2, 0) is 5.41 Å². The lowest BCUT2D eigenvalue weighted by molar-refractivity contribution is 0.660. The van der Waals surface area contributed by atoms with Crippen molar-refractivity contribution in [2.45, 2.75) is 19.3 Å². The Morgan fingerprint density at radius 2 is 1.05 bits per heavy atom. The Labute approximate surface area is 320 Å². The summed E-state index contributed by atoms with van der Waals surface area (Å²) in [7, 11) is 0. The van der Waals surface area contributed by atoms with E-state index in [1.54, 1.807) is 0 Å². The highest BCUT2D eigenvalue weighted by atomic mass is 16.3. The van der Waals surface area contributed by atoms with Gasteiger partial charge in [0.2, 0.25) is 0 Å². The van der Waals surface area contributed by atoms with Crippen LogP contribution in [0.1, 0.15) is 25.0 Å². The molecule has 0 aliphatic heterocycles. The Balaban J connectivity index is 1.16. The minimum absolute atomic E-state index is 0.134. The third kappa shape index (κ3) is 4.88. The molecular weight excluding hydrogens is 667 g/mol. The highest BCUT2D eigenvalue weighted by Gasteiger charge is 2.36. The minimum Gasteiger partial charge on any atom is -0.453 e. The second-order valence-electron chi connectivity index (χ2n) is 15.3. The zero-order valence-corrected chi connectivity index (χ0v) is 30.8. The topological polar surface area (TPSA) is 16.4 Å². The van der Waals surface area contributed by atoms with Gasteiger partial charge in [0.05, 0.1) is 5.69 Å². The molecule has 0 saturated heterocycles. The van der Waals surface area contributed by atoms with E-state index in [4.69, 9.17) is 4.42 Å². The third-order valence-electron chi connectivity index (χ3n) is 11.8. The fourth-order valence-electron chi connectivity index (χ4n) is 9.08. The zero-order chi connectivity index (χ0) is 36.7. The molecule has 1 aliphatic carbocycles. The molecular formula is C53H37NO. The van der Waals surface area contributed by atoms with Crippen molar-refractivity contribution in [2.75, 3.05) is 4.90 Å². The number of hydrogen-bond acceptors (Lipinski definition) is 2. The SMILES string of the molecule is CC1(C)c2ccccc2-c2ccc(N(c3ccc(-c4ccccc4)cc3)c3cccc4c3oc3c(-c5ccc6ccccc6c5)c5ccccc5cc34)cc21. The van der Waals surface area contributed by atoms with Crippen molar-refractivity contribution in [1.29, 1.82) is 0 Å². The summed E-state index contributed by atoms with van der Waals surface area (Å²) in [5.41, 5.74) is 14.8. The predicted molar refractivity (Wildman–Crippen MR) is 232 cm³/mol. The number of furan rings is 1. The number of fused-ring (bicyclic) bond motifs is 8. The number of nitrogens with zero attached hydrogens (tertiary/aromatic N) is 1. The van der Waals surface area contributed by atoms with E-state index in [9.17, 15) is 0 Å². The molecule has 0 bridgehead atoms. The molecule has 1 aliphatic rings. The Morgan fingerprint density at radius 1 is 0.400 bits per heavy atom. The van der Waals surface area contributed by atoms with Gasteiger partial charge in [0, 0.05) is 33.1 Å². The molecule has 55 heavy (non-hydrogen) atoms. The molecule has 9 aromatic carbocycles. The normalized spacial score (nSPS) is 13.1. The number of benzene rings is 9. The summed E-state index contributed by atoms with van der Waals surface area (Å²) in [6.45, 7) is 4.69. The van der Waals surface area contributed by atoms with Gasteiger partial charge >= 0.3 is 0 Å². The summed E-state index contributed by atoms with van der Waals surface area (Å²) >= 11 is 0. The Hall–Kier alpha value is -6.90. The maximum absolute atomic E-state index is 7.25. The van der Waals surface area contributed by atoms with Crippen LogP contribution in [0.4, 0.5) is 17.1 Å². The van der Waals surface area contributed by atoms with E-state index in [2.05, 4.69) is 207 Å². The molecule has 2 heteroatoms. The lowest BCUT2D eigenvalue weighted by Crippen LogP contribution is -2.16. The zero-order valence-electron chi connectivity index (χ0n) is 30.8. The van der Waals surface area contributed by atoms with Gasteiger partial charge in [0.1, 0.15) is 5.58 Å². The summed E-state index contributed by atoms with van der Waals surface area (Å²) in [6.07, 6.45) is 0. The molecule has 0 fully saturated rings. The van der Waals surface area contributed by atoms with E-state index in [0.29, 0.717) is 0 Å². The maximum atomic E-state index is 7.25. The van der Waals surface area contributed by atoms with Crippen molar-refractivity contribution < 1.29 is 4.42 Å². The standard InChI is InChI=1S/C53H37NO/c1-53(2)47-21-11-10-19-43(47)44-30-29-41(33-48(44)53)54(40-27-25-36(26-28-40)34-13-4-3-5-14-34)49-22-12-20-45-46-32-38-17-8-9-18-42(38)50(52(46)55-51(45)49)39-24-23-35-15-6-7-16-37(35)31-39/h3-33H,1-2H3. The van der Waals surface area contributed by atoms with Gasteiger partial charge < -0.3 is 9.32 Å². The first-order chi connectivity index (χ1) is 27.0. The van der Waals surface area contributed by atoms with Crippen molar-refractivity contribution in [3.8, 4) is 33.4 Å². The highest BCUT2D eigenvalue weighted by molar-refractivity contribution is 6.20. The molecule has 0 unspecified atom stereocenters. The first-order valence-corrected chi connectivity index (χ1v) is 19.1. The fraction of sp³-hybridized carbons (Fsp3) is 0.0566. The molecule has 10 aromatic rings. The smallest absolute Gasteiger partial charge is 0.159 e. The van der Waals surface area contributed by atoms with E-state index in [1.807, 2.05) is 0 Å². The summed E-state index contributed by atoms with van der Waals surface area (Å²) in [5, 5.41) is 7.03. The monoisotopic (exact) mass is 703 g/mol. The molecule has 0 amide bonds. The van der Waals surface area contributed by atoms with E-state index in [1.165, 1.54) is 54.9 Å². The summed E-state index contributed by atoms with van der Waals surface area (Å²) in [6, 6.07) is 68.3. The van der Waals surface area contributed by atoms with Crippen molar-refractivity contribution in [2.24, 2.45) is 0 Å². The van der Waals surface area contributed by atoms with E-state index in [-0.39, 0.29) is 5.41 Å². The molecule has 0 spiro atoms. The molecule has 11 rings (SSSR count). The van der Waals surface area contributed by atoms with Crippen LogP contribution in [0, 0.1) is 0 Å². The highest BCUT2D eigenvalue weighted by Crippen LogP contribution is 2.52. The van der Waals surface area contributed by atoms with Crippen molar-refractivity contribution in [3.05, 3.63) is 199 Å². The molecule has 0 N–H and O–H groups in total. The molecule has 0 atom stereocenters. The van der Waals surface area contributed by atoms with Crippen molar-refractivity contribution in [1.82, 2.24) is 0 Å². The van der Waals surface area contributed by atoms with Crippen molar-refractivity contribution in [3.63, 3.8) is 0 Å². The van der Waals surface area contributed by atoms with Crippen LogP contribution in [0.15, 0.2) is 192 Å². The van der Waals surface area contributed by atoms with Crippen LogP contribution in [0.3, 0.4) is 0 Å². The van der Waals surface area contributed by atoms with E-state index < -0.39 is 0 Å². The maximum Gasteiger partial charge on any atom is 0.159 e. The molecule has 260 valence electrons. The van der Waals surface area contributed by atoms with Crippen LogP contribution < -0.4 is 4.90 Å². The van der Waals surface area contributed by atoms with Crippen LogP contribution in [0.2, 0.25) is 0 Å². The van der Waals surface area contributed by atoms with Crippen LogP contribution in [0.25, 0.3) is 76.9 Å². The predicted octanol–water partition coefficient (Wildman–Crippen LogP) is 15.0. The fourth-order valence-corrected chi connectivity index (χ4v) is 9.08. The van der Waals surface area contributed by atoms with Gasteiger partial charge in [-0.2, -0.15) is 0 Å².